The molecule has 0 bridgehead atoms. The van der Waals surface area contributed by atoms with Crippen LogP contribution >= 0.6 is 0 Å². The molecule has 0 aromatic heterocycles. The van der Waals surface area contributed by atoms with Crippen molar-refractivity contribution in [2.45, 2.75) is 46.8 Å². The molecule has 0 spiro atoms. The Kier molecular flexibility index (Phi) is 5.61. The van der Waals surface area contributed by atoms with Gasteiger partial charge in [0.2, 0.25) is 0 Å². The molecule has 110 valence electrons. The Hall–Kier alpha value is -0.677. The van der Waals surface area contributed by atoms with Crippen molar-refractivity contribution in [2.75, 3.05) is 0 Å². The summed E-state index contributed by atoms with van der Waals surface area (Å²) in [6, 6.07) is 22.0. The van der Waals surface area contributed by atoms with Crippen molar-refractivity contribution in [3.05, 3.63) is 71.8 Å². The molecule has 0 unspecified atom stereocenters. The van der Waals surface area contributed by atoms with Crippen molar-refractivity contribution in [3.63, 3.8) is 0 Å². The maximum atomic E-state index is 2.40. The molecule has 2 aromatic carbocycles. The van der Waals surface area contributed by atoms with Crippen LogP contribution in [0.4, 0.5) is 0 Å². The summed E-state index contributed by atoms with van der Waals surface area (Å²) < 4.78 is 2.80. The van der Waals surface area contributed by atoms with E-state index in [0.29, 0.717) is 10.8 Å². The number of benzene rings is 2. The molecule has 0 N–H and O–H groups in total. The SMILES string of the molecule is CC(C)([CH2][Zr][CH2]C(C)(C)c1ccccc1)c1ccccc1. The predicted molar refractivity (Wildman–Crippen MR) is 88.6 cm³/mol. The Morgan fingerprint density at radius 2 is 0.952 bits per heavy atom. The first-order chi connectivity index (χ1) is 9.92. The normalized spacial score (nSPS) is 12.2. The Balaban J connectivity index is 1.95. The molecule has 0 saturated carbocycles. The van der Waals surface area contributed by atoms with Crippen LogP contribution in [0.1, 0.15) is 38.8 Å². The van der Waals surface area contributed by atoms with E-state index in [4.69, 9.17) is 0 Å². The Labute approximate surface area is 141 Å². The molecule has 1 heteroatoms. The molecular formula is C20H26Zr. The summed E-state index contributed by atoms with van der Waals surface area (Å²) in [6.07, 6.45) is 0. The van der Waals surface area contributed by atoms with Crippen LogP contribution in [-0.2, 0) is 34.1 Å². The van der Waals surface area contributed by atoms with E-state index in [1.54, 1.807) is 0 Å². The molecule has 21 heavy (non-hydrogen) atoms. The summed E-state index contributed by atoms with van der Waals surface area (Å²) in [5.41, 5.74) is 3.65. The second-order valence-electron chi connectivity index (χ2n) is 7.10. The van der Waals surface area contributed by atoms with Gasteiger partial charge >= 0.3 is 142 Å². The van der Waals surface area contributed by atoms with E-state index < -0.39 is 0 Å². The zero-order chi connectivity index (χ0) is 15.3. The van der Waals surface area contributed by atoms with Gasteiger partial charge in [-0.2, -0.15) is 0 Å². The van der Waals surface area contributed by atoms with Gasteiger partial charge in [0.25, 0.3) is 0 Å². The average Bonchev–Trinajstić information content (AvgIpc) is 2.49. The summed E-state index contributed by atoms with van der Waals surface area (Å²) in [6.45, 7) is 9.61. The van der Waals surface area contributed by atoms with Crippen LogP contribution in [-0.4, -0.2) is 0 Å². The fourth-order valence-corrected chi connectivity index (χ4v) is 7.05. The molecule has 0 atom stereocenters. The third-order valence-electron chi connectivity index (χ3n) is 4.24. The molecule has 0 aliphatic carbocycles. The number of hydrogen-bond donors (Lipinski definition) is 0. The standard InChI is InChI=1S/2C10H13.Zr/c2*1-10(2,3)9-7-5-4-6-8-9;/h2*4-8H,1H2,2-3H3;. The van der Waals surface area contributed by atoms with E-state index in [0.717, 1.165) is 0 Å². The van der Waals surface area contributed by atoms with Gasteiger partial charge in [-0.3, -0.25) is 0 Å². The molecule has 0 aliphatic heterocycles. The first-order valence-corrected chi connectivity index (χ1v) is 11.2. The van der Waals surface area contributed by atoms with Gasteiger partial charge in [0.15, 0.2) is 0 Å². The van der Waals surface area contributed by atoms with Gasteiger partial charge in [-0.15, -0.1) is 0 Å². The van der Waals surface area contributed by atoms with Gasteiger partial charge in [0, 0.05) is 0 Å². The molecule has 0 fully saturated rings. The van der Waals surface area contributed by atoms with Crippen LogP contribution in [0.15, 0.2) is 60.7 Å². The fraction of sp³-hybridized carbons (Fsp3) is 0.400. The second-order valence-corrected chi connectivity index (χ2v) is 10.1. The van der Waals surface area contributed by atoms with Gasteiger partial charge < -0.3 is 0 Å². The van der Waals surface area contributed by atoms with Crippen LogP contribution in [0.5, 0.6) is 0 Å². The summed E-state index contributed by atoms with van der Waals surface area (Å²) in [5, 5.41) is 0. The summed E-state index contributed by atoms with van der Waals surface area (Å²) >= 11 is -0.384. The van der Waals surface area contributed by atoms with Crippen LogP contribution in [0.2, 0.25) is 8.26 Å². The topological polar surface area (TPSA) is 0 Å². The van der Waals surface area contributed by atoms with Crippen LogP contribution in [0.3, 0.4) is 0 Å². The van der Waals surface area contributed by atoms with E-state index >= 15 is 0 Å². The number of hydrogen-bond acceptors (Lipinski definition) is 0. The Morgan fingerprint density at radius 1 is 0.619 bits per heavy atom. The summed E-state index contributed by atoms with van der Waals surface area (Å²) in [4.78, 5) is 0. The molecule has 0 radical (unpaired) electrons. The zero-order valence-corrected chi connectivity index (χ0v) is 16.1. The molecule has 0 saturated heterocycles. The van der Waals surface area contributed by atoms with E-state index in [1.165, 1.54) is 19.4 Å². The molecular weight excluding hydrogens is 331 g/mol. The minimum atomic E-state index is -0.384. The van der Waals surface area contributed by atoms with Gasteiger partial charge in [0.05, 0.1) is 0 Å². The third kappa shape index (κ3) is 4.65. The summed E-state index contributed by atoms with van der Waals surface area (Å²) in [7, 11) is 0. The van der Waals surface area contributed by atoms with Crippen molar-refractivity contribution < 1.29 is 23.2 Å². The first-order valence-electron chi connectivity index (χ1n) is 7.74. The van der Waals surface area contributed by atoms with E-state index in [-0.39, 0.29) is 23.2 Å². The quantitative estimate of drug-likeness (QED) is 0.607. The molecule has 0 nitrogen and oxygen atoms in total. The molecule has 2 aromatic rings. The van der Waals surface area contributed by atoms with Gasteiger partial charge in [-0.05, 0) is 0 Å². The van der Waals surface area contributed by atoms with Crippen LogP contribution < -0.4 is 0 Å². The van der Waals surface area contributed by atoms with Gasteiger partial charge in [-0.25, -0.2) is 0 Å². The second kappa shape index (κ2) is 7.06. The van der Waals surface area contributed by atoms with Crippen molar-refractivity contribution >= 4 is 0 Å². The van der Waals surface area contributed by atoms with Crippen molar-refractivity contribution in [2.24, 2.45) is 0 Å². The third-order valence-corrected chi connectivity index (χ3v) is 9.82. The predicted octanol–water partition coefficient (Wildman–Crippen LogP) is 5.86. The van der Waals surface area contributed by atoms with E-state index in [9.17, 15) is 0 Å². The van der Waals surface area contributed by atoms with Crippen molar-refractivity contribution in [1.29, 1.82) is 0 Å². The Morgan fingerprint density at radius 3 is 1.29 bits per heavy atom. The Bertz CT molecular complexity index is 489. The molecule has 0 aliphatic rings. The number of rotatable bonds is 6. The zero-order valence-electron chi connectivity index (χ0n) is 13.7. The van der Waals surface area contributed by atoms with Crippen molar-refractivity contribution in [1.82, 2.24) is 0 Å². The molecule has 0 heterocycles. The van der Waals surface area contributed by atoms with Crippen molar-refractivity contribution in [3.8, 4) is 0 Å². The average molecular weight is 358 g/mol. The van der Waals surface area contributed by atoms with E-state index in [2.05, 4.69) is 88.4 Å². The fourth-order valence-electron chi connectivity index (χ4n) is 2.67. The van der Waals surface area contributed by atoms with Gasteiger partial charge in [0.1, 0.15) is 0 Å². The monoisotopic (exact) mass is 356 g/mol. The first kappa shape index (κ1) is 16.7. The van der Waals surface area contributed by atoms with Crippen LogP contribution in [0, 0.1) is 0 Å². The van der Waals surface area contributed by atoms with Crippen LogP contribution in [0.25, 0.3) is 0 Å². The molecule has 0 amide bonds. The maximum absolute atomic E-state index is 2.40. The van der Waals surface area contributed by atoms with E-state index in [1.807, 2.05) is 0 Å². The summed E-state index contributed by atoms with van der Waals surface area (Å²) in [5.74, 6) is 0. The van der Waals surface area contributed by atoms with Gasteiger partial charge in [-0.1, -0.05) is 0 Å². The molecule has 2 rings (SSSR count). The minimum absolute atomic E-state index is 0.334.